The van der Waals surface area contributed by atoms with Crippen LogP contribution in [0.1, 0.15) is 11.4 Å². The molecular formula is C16H14ClN3O2S2. The largest absolute Gasteiger partial charge is 0.299 e. The van der Waals surface area contributed by atoms with Gasteiger partial charge in [-0.2, -0.15) is 12.8 Å². The minimum absolute atomic E-state index is 0.101. The first kappa shape index (κ1) is 16.9. The lowest BCUT2D eigenvalue weighted by Crippen LogP contribution is -2.19. The van der Waals surface area contributed by atoms with Crippen LogP contribution in [0.2, 0.25) is 5.02 Å². The van der Waals surface area contributed by atoms with E-state index in [9.17, 15) is 8.42 Å². The van der Waals surface area contributed by atoms with Gasteiger partial charge >= 0.3 is 0 Å². The molecule has 2 aromatic carbocycles. The van der Waals surface area contributed by atoms with Gasteiger partial charge in [0.25, 0.3) is 10.0 Å². The van der Waals surface area contributed by atoms with Crippen LogP contribution >= 0.6 is 23.1 Å². The van der Waals surface area contributed by atoms with Crippen molar-refractivity contribution in [1.29, 1.82) is 0 Å². The van der Waals surface area contributed by atoms with E-state index in [1.807, 2.05) is 37.3 Å². The minimum atomic E-state index is -3.82. The molecular weight excluding hydrogens is 366 g/mol. The Labute approximate surface area is 149 Å². The molecule has 0 aliphatic carbocycles. The summed E-state index contributed by atoms with van der Waals surface area (Å²) in [5, 5.41) is 0.474. The highest BCUT2D eigenvalue weighted by molar-refractivity contribution is 7.90. The third-order valence-corrected chi connectivity index (χ3v) is 5.85. The van der Waals surface area contributed by atoms with Crippen LogP contribution in [-0.2, 0) is 16.6 Å². The van der Waals surface area contributed by atoms with E-state index in [1.165, 1.54) is 24.3 Å². The van der Waals surface area contributed by atoms with Gasteiger partial charge in [-0.1, -0.05) is 41.9 Å². The minimum Gasteiger partial charge on any atom is -0.299 e. The summed E-state index contributed by atoms with van der Waals surface area (Å²) in [5.74, 6) is 0.717. The van der Waals surface area contributed by atoms with Gasteiger partial charge in [0.15, 0.2) is 0 Å². The van der Waals surface area contributed by atoms with E-state index in [0.29, 0.717) is 22.2 Å². The van der Waals surface area contributed by atoms with Gasteiger partial charge in [-0.25, -0.2) is 0 Å². The molecule has 3 aromatic rings. The second-order valence-electron chi connectivity index (χ2n) is 5.10. The zero-order valence-electron chi connectivity index (χ0n) is 12.8. The maximum Gasteiger partial charge on any atom is 0.285 e. The predicted octanol–water partition coefficient (Wildman–Crippen LogP) is 3.24. The number of benzene rings is 2. The van der Waals surface area contributed by atoms with Crippen molar-refractivity contribution in [2.45, 2.75) is 18.4 Å². The van der Waals surface area contributed by atoms with Crippen molar-refractivity contribution in [2.24, 2.45) is 4.40 Å². The van der Waals surface area contributed by atoms with Gasteiger partial charge in [0.2, 0.25) is 4.80 Å². The summed E-state index contributed by atoms with van der Waals surface area (Å²) in [6.07, 6.45) is 0. The molecule has 1 aromatic heterocycles. The molecule has 0 saturated carbocycles. The Kier molecular flexibility index (Phi) is 4.84. The summed E-state index contributed by atoms with van der Waals surface area (Å²) in [6, 6.07) is 15.7. The maximum atomic E-state index is 12.5. The molecule has 0 saturated heterocycles. The van der Waals surface area contributed by atoms with E-state index < -0.39 is 10.0 Å². The number of hydrogen-bond acceptors (Lipinski definition) is 4. The van der Waals surface area contributed by atoms with Crippen LogP contribution in [0.5, 0.6) is 0 Å². The lowest BCUT2D eigenvalue weighted by Gasteiger charge is -2.05. The molecule has 3 rings (SSSR count). The van der Waals surface area contributed by atoms with Crippen molar-refractivity contribution >= 4 is 33.2 Å². The summed E-state index contributed by atoms with van der Waals surface area (Å²) < 4.78 is 34.9. The zero-order chi connectivity index (χ0) is 17.2. The highest BCUT2D eigenvalue weighted by atomic mass is 35.5. The molecule has 0 amide bonds. The predicted molar refractivity (Wildman–Crippen MR) is 94.6 cm³/mol. The fourth-order valence-electron chi connectivity index (χ4n) is 2.12. The average molecular weight is 380 g/mol. The van der Waals surface area contributed by atoms with Crippen LogP contribution in [0, 0.1) is 6.92 Å². The Morgan fingerprint density at radius 2 is 1.79 bits per heavy atom. The smallest absolute Gasteiger partial charge is 0.285 e. The Balaban J connectivity index is 2.03. The number of nitrogens with zero attached hydrogens (tertiary/aromatic N) is 3. The monoisotopic (exact) mass is 379 g/mol. The number of rotatable bonds is 4. The normalized spacial score (nSPS) is 12.5. The first-order valence-electron chi connectivity index (χ1n) is 7.09. The van der Waals surface area contributed by atoms with E-state index in [1.54, 1.807) is 4.57 Å². The van der Waals surface area contributed by atoms with Gasteiger partial charge < -0.3 is 0 Å². The maximum absolute atomic E-state index is 12.5. The Morgan fingerprint density at radius 1 is 1.12 bits per heavy atom. The van der Waals surface area contributed by atoms with Crippen molar-refractivity contribution in [3.63, 3.8) is 0 Å². The summed E-state index contributed by atoms with van der Waals surface area (Å²) in [5.41, 5.74) is 1.05. The summed E-state index contributed by atoms with van der Waals surface area (Å²) in [6.45, 7) is 2.34. The zero-order valence-corrected chi connectivity index (χ0v) is 15.1. The van der Waals surface area contributed by atoms with E-state index in [4.69, 9.17) is 11.6 Å². The van der Waals surface area contributed by atoms with Crippen LogP contribution < -0.4 is 4.80 Å². The van der Waals surface area contributed by atoms with E-state index in [-0.39, 0.29) is 4.90 Å². The molecule has 1 heterocycles. The molecule has 0 N–H and O–H groups in total. The fraction of sp³-hybridized carbons (Fsp3) is 0.125. The number of sulfonamides is 1. The fourth-order valence-corrected chi connectivity index (χ4v) is 4.17. The first-order valence-corrected chi connectivity index (χ1v) is 9.68. The standard InChI is InChI=1S/C16H14ClN3O2S2/c1-12-18-23-16(20(12)11-13-5-3-2-4-6-13)19-24(21,22)15-9-7-14(17)8-10-15/h2-10H,11H2,1H3/b19-16-. The highest BCUT2D eigenvalue weighted by Gasteiger charge is 2.14. The second kappa shape index (κ2) is 6.88. The SMILES string of the molecule is Cc1ns/c(=N\S(=O)(=O)c2ccc(Cl)cc2)n1Cc1ccccc1. The lowest BCUT2D eigenvalue weighted by atomic mass is 10.2. The van der Waals surface area contributed by atoms with Crippen LogP contribution in [0.4, 0.5) is 0 Å². The molecule has 0 aliphatic rings. The Bertz CT molecular complexity index is 1010. The van der Waals surface area contributed by atoms with Crippen molar-refractivity contribution in [2.75, 3.05) is 0 Å². The van der Waals surface area contributed by atoms with Gasteiger partial charge in [0.05, 0.1) is 11.4 Å². The van der Waals surface area contributed by atoms with Crippen LogP contribution in [-0.4, -0.2) is 17.4 Å². The van der Waals surface area contributed by atoms with Crippen molar-refractivity contribution in [1.82, 2.24) is 8.94 Å². The second-order valence-corrected chi connectivity index (χ2v) is 7.88. The summed E-state index contributed by atoms with van der Waals surface area (Å²) in [4.78, 5) is 0.440. The number of aromatic nitrogens is 2. The first-order chi connectivity index (χ1) is 11.5. The number of aryl methyl sites for hydroxylation is 1. The number of hydrogen-bond donors (Lipinski definition) is 0. The molecule has 0 unspecified atom stereocenters. The molecule has 0 aliphatic heterocycles. The van der Waals surface area contributed by atoms with Gasteiger partial charge in [-0.15, -0.1) is 4.40 Å². The van der Waals surface area contributed by atoms with Crippen molar-refractivity contribution < 1.29 is 8.42 Å². The Hall–Kier alpha value is -1.96. The topological polar surface area (TPSA) is 64.3 Å². The van der Waals surface area contributed by atoms with Crippen LogP contribution in [0.3, 0.4) is 0 Å². The molecule has 0 atom stereocenters. The van der Waals surface area contributed by atoms with Crippen LogP contribution in [0.15, 0.2) is 63.9 Å². The van der Waals surface area contributed by atoms with E-state index in [2.05, 4.69) is 8.77 Å². The average Bonchev–Trinajstić information content (AvgIpc) is 2.89. The van der Waals surface area contributed by atoms with Crippen molar-refractivity contribution in [3.05, 3.63) is 75.8 Å². The molecule has 5 nitrogen and oxygen atoms in total. The molecule has 0 fully saturated rings. The third-order valence-electron chi connectivity index (χ3n) is 3.37. The van der Waals surface area contributed by atoms with Crippen molar-refractivity contribution in [3.8, 4) is 0 Å². The quantitative estimate of drug-likeness (QED) is 0.699. The molecule has 124 valence electrons. The third kappa shape index (κ3) is 3.75. The summed E-state index contributed by atoms with van der Waals surface area (Å²) in [7, 11) is -3.82. The highest BCUT2D eigenvalue weighted by Crippen LogP contribution is 2.16. The van der Waals surface area contributed by atoms with E-state index in [0.717, 1.165) is 17.1 Å². The number of halogens is 1. The molecule has 0 bridgehead atoms. The van der Waals surface area contributed by atoms with Gasteiger partial charge in [-0.3, -0.25) is 4.57 Å². The molecule has 0 radical (unpaired) electrons. The summed E-state index contributed by atoms with van der Waals surface area (Å²) >= 11 is 6.86. The lowest BCUT2D eigenvalue weighted by molar-refractivity contribution is 0.595. The molecule has 8 heteroatoms. The molecule has 0 spiro atoms. The van der Waals surface area contributed by atoms with Gasteiger partial charge in [-0.05, 0) is 36.8 Å². The van der Waals surface area contributed by atoms with Gasteiger partial charge in [0, 0.05) is 16.6 Å². The van der Waals surface area contributed by atoms with Crippen LogP contribution in [0.25, 0.3) is 0 Å². The van der Waals surface area contributed by atoms with E-state index >= 15 is 0 Å². The Morgan fingerprint density at radius 3 is 2.46 bits per heavy atom. The molecule has 24 heavy (non-hydrogen) atoms. The van der Waals surface area contributed by atoms with Gasteiger partial charge in [0.1, 0.15) is 5.82 Å².